The third-order valence-electron chi connectivity index (χ3n) is 6.85. The highest BCUT2D eigenvalue weighted by atomic mass is 35.5. The van der Waals surface area contributed by atoms with E-state index in [-0.39, 0.29) is 54.7 Å². The molecule has 9 nitrogen and oxygen atoms in total. The van der Waals surface area contributed by atoms with Gasteiger partial charge in [-0.1, -0.05) is 24.6 Å². The molecule has 0 saturated heterocycles. The molecule has 1 saturated carbocycles. The van der Waals surface area contributed by atoms with E-state index in [2.05, 4.69) is 5.32 Å². The van der Waals surface area contributed by atoms with Crippen LogP contribution >= 0.6 is 11.6 Å². The number of nitrogens with zero attached hydrogens (tertiary/aromatic N) is 2. The number of fused-ring (bicyclic) bond motifs is 1. The van der Waals surface area contributed by atoms with Gasteiger partial charge in [-0.3, -0.25) is 18.1 Å². The molecule has 200 valence electrons. The zero-order valence-corrected chi connectivity index (χ0v) is 22.6. The molecule has 0 aromatic heterocycles. The Morgan fingerprint density at radius 2 is 2.08 bits per heavy atom. The highest BCUT2D eigenvalue weighted by Gasteiger charge is 2.36. The van der Waals surface area contributed by atoms with Crippen molar-refractivity contribution >= 4 is 46.1 Å². The molecule has 37 heavy (non-hydrogen) atoms. The third kappa shape index (κ3) is 6.09. The van der Waals surface area contributed by atoms with Crippen molar-refractivity contribution in [3.63, 3.8) is 0 Å². The molecule has 4 rings (SSSR count). The number of para-hydroxylation sites is 1. The summed E-state index contributed by atoms with van der Waals surface area (Å²) >= 11 is 3.46. The minimum absolute atomic E-state index is 0.0420. The van der Waals surface area contributed by atoms with Crippen LogP contribution in [0, 0.1) is 18.8 Å². The number of hydrogen-bond donors (Lipinski definition) is 2. The molecule has 1 unspecified atom stereocenters. The van der Waals surface area contributed by atoms with Crippen LogP contribution in [0.25, 0.3) is 0 Å². The number of benzene rings is 2. The van der Waals surface area contributed by atoms with Crippen molar-refractivity contribution in [2.45, 2.75) is 45.8 Å². The number of aliphatic hydroxyl groups excluding tert-OH is 1. The van der Waals surface area contributed by atoms with E-state index in [9.17, 15) is 23.5 Å². The Kier molecular flexibility index (Phi) is 8.42. The number of nitrogens with one attached hydrogen (secondary N) is 1. The van der Waals surface area contributed by atoms with E-state index in [1.807, 2.05) is 6.92 Å². The van der Waals surface area contributed by atoms with Gasteiger partial charge in [0.1, 0.15) is 6.10 Å². The van der Waals surface area contributed by atoms with Crippen molar-refractivity contribution in [1.29, 1.82) is 0 Å². The van der Waals surface area contributed by atoms with Gasteiger partial charge in [-0.15, -0.1) is 0 Å². The number of carbonyl (C=O) groups excluding carboxylic acids is 2. The fourth-order valence-electron chi connectivity index (χ4n) is 4.44. The van der Waals surface area contributed by atoms with Crippen LogP contribution in [0.1, 0.15) is 42.6 Å². The molecule has 2 amide bonds. The lowest BCUT2D eigenvalue weighted by Crippen LogP contribution is -2.50. The zero-order valence-electron chi connectivity index (χ0n) is 21.0. The first-order chi connectivity index (χ1) is 17.6. The summed E-state index contributed by atoms with van der Waals surface area (Å²) in [4.78, 5) is 27.7. The first kappa shape index (κ1) is 27.4. The molecule has 2 N–H and O–H groups in total. The van der Waals surface area contributed by atoms with Crippen LogP contribution < -0.4 is 14.4 Å². The minimum Gasteiger partial charge on any atom is -0.755 e. The summed E-state index contributed by atoms with van der Waals surface area (Å²) < 4.78 is 32.4. The number of carbonyl (C=O) groups is 2. The van der Waals surface area contributed by atoms with Gasteiger partial charge in [-0.25, -0.2) is 0 Å². The van der Waals surface area contributed by atoms with Crippen molar-refractivity contribution in [3.8, 4) is 5.75 Å². The molecule has 0 radical (unpaired) electrons. The first-order valence-electron chi connectivity index (χ1n) is 12.3. The Morgan fingerprint density at radius 1 is 1.35 bits per heavy atom. The van der Waals surface area contributed by atoms with E-state index in [4.69, 9.17) is 16.3 Å². The average Bonchev–Trinajstić information content (AvgIpc) is 3.70. The van der Waals surface area contributed by atoms with Crippen molar-refractivity contribution in [2.75, 3.05) is 29.3 Å². The fraction of sp³-hybridized carbons (Fsp3) is 0.462. The monoisotopic (exact) mass is 548 g/mol. The summed E-state index contributed by atoms with van der Waals surface area (Å²) in [5, 5.41) is 13.2. The van der Waals surface area contributed by atoms with Crippen molar-refractivity contribution in [3.05, 3.63) is 52.5 Å². The zero-order chi connectivity index (χ0) is 26.9. The second-order valence-corrected chi connectivity index (χ2v) is 11.1. The van der Waals surface area contributed by atoms with Crippen LogP contribution in [0.3, 0.4) is 0 Å². The molecule has 1 aliphatic carbocycles. The van der Waals surface area contributed by atoms with E-state index in [1.165, 1.54) is 4.31 Å². The summed E-state index contributed by atoms with van der Waals surface area (Å²) in [6, 6.07) is 9.42. The summed E-state index contributed by atoms with van der Waals surface area (Å²) in [6.07, 6.45) is 0.937. The Balaban J connectivity index is 1.75. The van der Waals surface area contributed by atoms with Crippen LogP contribution in [-0.4, -0.2) is 62.4 Å². The number of aliphatic hydroxyl groups is 1. The highest BCUT2D eigenvalue weighted by molar-refractivity contribution is 7.80. The summed E-state index contributed by atoms with van der Waals surface area (Å²) in [6.45, 7) is 5.34. The summed E-state index contributed by atoms with van der Waals surface area (Å²) in [7, 11) is 0. The molecular weight excluding hydrogens is 518 g/mol. The van der Waals surface area contributed by atoms with Gasteiger partial charge in [0.15, 0.2) is 5.75 Å². The molecule has 2 aromatic rings. The van der Waals surface area contributed by atoms with Gasteiger partial charge in [0, 0.05) is 34.7 Å². The number of anilines is 2. The SMILES string of the molecule is Cc1cc(Cl)ccc1N(C[C@@H]1Oc2c(NC(=O)C3CC3)cccc2C(=O)N([C@H](C)CO)C[C@@H]1C)S(=O)[O-]. The van der Waals surface area contributed by atoms with Gasteiger partial charge in [0.05, 0.1) is 36.1 Å². The van der Waals surface area contributed by atoms with Crippen LogP contribution in [0.4, 0.5) is 11.4 Å². The maximum Gasteiger partial charge on any atom is 0.258 e. The van der Waals surface area contributed by atoms with E-state index >= 15 is 0 Å². The molecular formula is C26H31ClN3O6S-. The average molecular weight is 549 g/mol. The topological polar surface area (TPSA) is 122 Å². The number of aryl methyl sites for hydroxylation is 1. The van der Waals surface area contributed by atoms with Crippen molar-refractivity contribution in [2.24, 2.45) is 11.8 Å². The number of rotatable bonds is 8. The Labute approximate surface area is 224 Å². The van der Waals surface area contributed by atoms with Gasteiger partial charge in [0.25, 0.3) is 5.91 Å². The number of ether oxygens (including phenoxy) is 1. The Morgan fingerprint density at radius 3 is 2.70 bits per heavy atom. The second-order valence-electron chi connectivity index (χ2n) is 9.78. The van der Waals surface area contributed by atoms with Crippen LogP contribution in [0.15, 0.2) is 36.4 Å². The molecule has 2 aromatic carbocycles. The number of halogens is 1. The standard InChI is InChI=1S/C26H32ClN3O6S/c1-15-11-19(27)9-10-22(15)30(37(34)35)13-23-16(2)12-29(17(3)14-31)26(33)20-5-4-6-21(24(20)36-23)28-25(32)18-7-8-18/h4-6,9-11,16-18,23,31H,7-8,12-14H2,1-3H3,(H,28,32)(H,34,35)/p-1/t16-,17+,23-/m0/s1. The molecule has 11 heteroatoms. The number of amides is 2. The van der Waals surface area contributed by atoms with Gasteiger partial charge in [-0.05, 0) is 62.6 Å². The molecule has 0 spiro atoms. The van der Waals surface area contributed by atoms with E-state index in [1.54, 1.807) is 55.1 Å². The van der Waals surface area contributed by atoms with Crippen LogP contribution in [0.2, 0.25) is 5.02 Å². The quantitative estimate of drug-likeness (QED) is 0.487. The van der Waals surface area contributed by atoms with Crippen molar-refractivity contribution in [1.82, 2.24) is 4.90 Å². The Bertz CT molecular complexity index is 1210. The molecule has 1 heterocycles. The van der Waals surface area contributed by atoms with Gasteiger partial charge >= 0.3 is 0 Å². The fourth-order valence-corrected chi connectivity index (χ4v) is 5.30. The first-order valence-corrected chi connectivity index (χ1v) is 13.7. The van der Waals surface area contributed by atoms with Crippen molar-refractivity contribution < 1.29 is 28.2 Å². The van der Waals surface area contributed by atoms with Gasteiger partial charge in [0.2, 0.25) is 5.91 Å². The smallest absolute Gasteiger partial charge is 0.258 e. The minimum atomic E-state index is -2.62. The van der Waals surface area contributed by atoms with Gasteiger partial charge < -0.3 is 24.6 Å². The largest absolute Gasteiger partial charge is 0.755 e. The molecule has 2 aliphatic rings. The predicted octanol–water partition coefficient (Wildman–Crippen LogP) is 3.52. The maximum absolute atomic E-state index is 13.6. The normalized spacial score (nSPS) is 21.2. The number of hydrogen-bond acceptors (Lipinski definition) is 6. The lowest BCUT2D eigenvalue weighted by atomic mass is 9.99. The Hall–Kier alpha value is -2.66. The summed E-state index contributed by atoms with van der Waals surface area (Å²) in [5.41, 5.74) is 1.74. The van der Waals surface area contributed by atoms with Crippen LogP contribution in [0.5, 0.6) is 5.75 Å². The summed E-state index contributed by atoms with van der Waals surface area (Å²) in [5.74, 6) is -0.667. The lowest BCUT2D eigenvalue weighted by Gasteiger charge is -2.39. The molecule has 4 atom stereocenters. The van der Waals surface area contributed by atoms with Crippen LogP contribution in [-0.2, 0) is 16.1 Å². The lowest BCUT2D eigenvalue weighted by molar-refractivity contribution is -0.117. The highest BCUT2D eigenvalue weighted by Crippen LogP contribution is 2.37. The van der Waals surface area contributed by atoms with E-state index < -0.39 is 23.4 Å². The molecule has 1 fully saturated rings. The van der Waals surface area contributed by atoms with E-state index in [0.29, 0.717) is 22.0 Å². The molecule has 1 aliphatic heterocycles. The van der Waals surface area contributed by atoms with E-state index in [0.717, 1.165) is 12.8 Å². The maximum atomic E-state index is 13.6. The predicted molar refractivity (Wildman–Crippen MR) is 141 cm³/mol. The second kappa shape index (κ2) is 11.4. The molecule has 0 bridgehead atoms. The third-order valence-corrected chi connectivity index (χ3v) is 7.79. The van der Waals surface area contributed by atoms with Gasteiger partial charge in [-0.2, -0.15) is 0 Å².